The summed E-state index contributed by atoms with van der Waals surface area (Å²) in [6, 6.07) is 9.88. The van der Waals surface area contributed by atoms with Crippen molar-refractivity contribution < 1.29 is 4.79 Å². The summed E-state index contributed by atoms with van der Waals surface area (Å²) in [6.07, 6.45) is 2.72. The van der Waals surface area contributed by atoms with Gasteiger partial charge in [0.25, 0.3) is 0 Å². The summed E-state index contributed by atoms with van der Waals surface area (Å²) in [5, 5.41) is 10.8. The van der Waals surface area contributed by atoms with Crippen molar-refractivity contribution in [2.75, 3.05) is 18.4 Å². The molecule has 1 aliphatic heterocycles. The monoisotopic (exact) mass is 312 g/mol. The Morgan fingerprint density at radius 1 is 1.39 bits per heavy atom. The van der Waals surface area contributed by atoms with Gasteiger partial charge in [-0.25, -0.2) is 4.68 Å². The van der Waals surface area contributed by atoms with Crippen LogP contribution in [0.4, 0.5) is 5.69 Å². The van der Waals surface area contributed by atoms with Crippen molar-refractivity contribution in [1.82, 2.24) is 15.1 Å². The number of anilines is 1. The number of hydrogen-bond donors (Lipinski definition) is 2. The summed E-state index contributed by atoms with van der Waals surface area (Å²) in [7, 11) is 0. The lowest BCUT2D eigenvalue weighted by Crippen LogP contribution is -2.15. The maximum absolute atomic E-state index is 12.1. The molecule has 2 aromatic rings. The number of hydrogen-bond acceptors (Lipinski definition) is 3. The van der Waals surface area contributed by atoms with E-state index in [0.717, 1.165) is 42.3 Å². The predicted octanol–water partition coefficient (Wildman–Crippen LogP) is 2.82. The van der Waals surface area contributed by atoms with Crippen LogP contribution in [0.2, 0.25) is 0 Å². The molecule has 5 nitrogen and oxygen atoms in total. The maximum Gasteiger partial charge on any atom is 0.224 e. The average molecular weight is 312 g/mol. The molecular formula is C18H24N4O. The Morgan fingerprint density at radius 3 is 2.96 bits per heavy atom. The third kappa shape index (κ3) is 3.99. The topological polar surface area (TPSA) is 59.0 Å². The van der Waals surface area contributed by atoms with Gasteiger partial charge in [0.1, 0.15) is 0 Å². The zero-order chi connectivity index (χ0) is 16.2. The Morgan fingerprint density at radius 2 is 2.26 bits per heavy atom. The van der Waals surface area contributed by atoms with E-state index in [1.807, 2.05) is 48.9 Å². The van der Waals surface area contributed by atoms with Crippen LogP contribution < -0.4 is 10.6 Å². The molecule has 1 unspecified atom stereocenters. The van der Waals surface area contributed by atoms with Gasteiger partial charge in [0.05, 0.1) is 11.4 Å². The molecule has 1 atom stereocenters. The zero-order valence-electron chi connectivity index (χ0n) is 13.8. The largest absolute Gasteiger partial charge is 0.326 e. The minimum atomic E-state index is 0.0856. The van der Waals surface area contributed by atoms with Gasteiger partial charge in [-0.15, -0.1) is 0 Å². The number of aromatic nitrogens is 2. The predicted molar refractivity (Wildman–Crippen MR) is 91.9 cm³/mol. The normalized spacial score (nSPS) is 17.4. The van der Waals surface area contributed by atoms with Crippen molar-refractivity contribution in [3.8, 4) is 5.69 Å². The van der Waals surface area contributed by atoms with Gasteiger partial charge in [-0.05, 0) is 70.0 Å². The highest BCUT2D eigenvalue weighted by Gasteiger charge is 2.15. The smallest absolute Gasteiger partial charge is 0.224 e. The van der Waals surface area contributed by atoms with Crippen LogP contribution in [0, 0.1) is 19.8 Å². The lowest BCUT2D eigenvalue weighted by atomic mass is 10.0. The van der Waals surface area contributed by atoms with Crippen LogP contribution in [0.3, 0.4) is 0 Å². The van der Waals surface area contributed by atoms with Gasteiger partial charge in [-0.1, -0.05) is 6.07 Å². The second-order valence-corrected chi connectivity index (χ2v) is 6.33. The Balaban J connectivity index is 1.63. The first-order chi connectivity index (χ1) is 11.1. The maximum atomic E-state index is 12.1. The number of aryl methyl sites for hydroxylation is 2. The Hall–Kier alpha value is -2.14. The molecule has 122 valence electrons. The van der Waals surface area contributed by atoms with Crippen LogP contribution in [-0.2, 0) is 4.79 Å². The van der Waals surface area contributed by atoms with Crippen molar-refractivity contribution in [3.63, 3.8) is 0 Å². The molecule has 0 radical (unpaired) electrons. The van der Waals surface area contributed by atoms with Gasteiger partial charge in [-0.3, -0.25) is 4.79 Å². The van der Waals surface area contributed by atoms with Gasteiger partial charge in [0, 0.05) is 17.8 Å². The number of amides is 1. The standard InChI is InChI=1S/C18H24N4O/c1-13-10-14(2)22(21-13)17-5-3-4-16(11-17)20-18(23)7-6-15-8-9-19-12-15/h3-5,10-11,15,19H,6-9,12H2,1-2H3,(H,20,23). The molecule has 0 aliphatic carbocycles. The summed E-state index contributed by atoms with van der Waals surface area (Å²) >= 11 is 0. The number of carbonyl (C=O) groups is 1. The van der Waals surface area contributed by atoms with Gasteiger partial charge in [-0.2, -0.15) is 5.10 Å². The van der Waals surface area contributed by atoms with Gasteiger partial charge < -0.3 is 10.6 Å². The first-order valence-electron chi connectivity index (χ1n) is 8.26. The molecule has 0 spiro atoms. The highest BCUT2D eigenvalue weighted by atomic mass is 16.1. The Labute approximate surface area is 137 Å². The van der Waals surface area contributed by atoms with Crippen LogP contribution in [-0.4, -0.2) is 28.8 Å². The molecule has 2 N–H and O–H groups in total. The molecule has 1 aromatic heterocycles. The van der Waals surface area contributed by atoms with Gasteiger partial charge >= 0.3 is 0 Å². The number of nitrogens with one attached hydrogen (secondary N) is 2. The first-order valence-corrected chi connectivity index (χ1v) is 8.26. The summed E-state index contributed by atoms with van der Waals surface area (Å²) in [5.41, 5.74) is 3.86. The molecule has 23 heavy (non-hydrogen) atoms. The lowest BCUT2D eigenvalue weighted by molar-refractivity contribution is -0.116. The highest BCUT2D eigenvalue weighted by Crippen LogP contribution is 2.18. The van der Waals surface area contributed by atoms with E-state index in [1.165, 1.54) is 6.42 Å². The fourth-order valence-corrected chi connectivity index (χ4v) is 3.13. The minimum Gasteiger partial charge on any atom is -0.326 e. The first kappa shape index (κ1) is 15.7. The van der Waals surface area contributed by atoms with Crippen LogP contribution in [0.15, 0.2) is 30.3 Å². The van der Waals surface area contributed by atoms with E-state index < -0.39 is 0 Å². The average Bonchev–Trinajstić information content (AvgIpc) is 3.15. The molecule has 1 fully saturated rings. The molecule has 1 amide bonds. The summed E-state index contributed by atoms with van der Waals surface area (Å²) in [5.74, 6) is 0.726. The Kier molecular flexibility index (Phi) is 4.76. The number of nitrogens with zero attached hydrogens (tertiary/aromatic N) is 2. The summed E-state index contributed by atoms with van der Waals surface area (Å²) in [6.45, 7) is 6.13. The van der Waals surface area contributed by atoms with Crippen molar-refractivity contribution >= 4 is 11.6 Å². The molecule has 5 heteroatoms. The van der Waals surface area contributed by atoms with Crippen molar-refractivity contribution in [2.45, 2.75) is 33.1 Å². The highest BCUT2D eigenvalue weighted by molar-refractivity contribution is 5.90. The van der Waals surface area contributed by atoms with Crippen LogP contribution in [0.25, 0.3) is 5.69 Å². The molecular weight excluding hydrogens is 288 g/mol. The summed E-state index contributed by atoms with van der Waals surface area (Å²) in [4.78, 5) is 12.1. The van der Waals surface area contributed by atoms with Crippen molar-refractivity contribution in [3.05, 3.63) is 41.7 Å². The fourth-order valence-electron chi connectivity index (χ4n) is 3.13. The lowest BCUT2D eigenvalue weighted by Gasteiger charge is -2.10. The van der Waals surface area contributed by atoms with Crippen LogP contribution in [0.1, 0.15) is 30.7 Å². The second kappa shape index (κ2) is 6.96. The fraction of sp³-hybridized carbons (Fsp3) is 0.444. The number of rotatable bonds is 5. The van der Waals surface area contributed by atoms with Crippen LogP contribution in [0.5, 0.6) is 0 Å². The molecule has 1 aliphatic rings. The van der Waals surface area contributed by atoms with E-state index in [-0.39, 0.29) is 5.91 Å². The van der Waals surface area contributed by atoms with E-state index in [1.54, 1.807) is 0 Å². The third-order valence-corrected chi connectivity index (χ3v) is 4.33. The van der Waals surface area contributed by atoms with E-state index in [0.29, 0.717) is 12.3 Å². The van der Waals surface area contributed by atoms with Crippen LogP contribution >= 0.6 is 0 Å². The van der Waals surface area contributed by atoms with E-state index in [2.05, 4.69) is 15.7 Å². The second-order valence-electron chi connectivity index (χ2n) is 6.33. The quantitative estimate of drug-likeness (QED) is 0.892. The third-order valence-electron chi connectivity index (χ3n) is 4.33. The van der Waals surface area contributed by atoms with E-state index in [4.69, 9.17) is 0 Å². The SMILES string of the molecule is Cc1cc(C)n(-c2cccc(NC(=O)CCC3CCNC3)c2)n1. The van der Waals surface area contributed by atoms with Crippen molar-refractivity contribution in [2.24, 2.45) is 5.92 Å². The molecule has 2 heterocycles. The summed E-state index contributed by atoms with van der Waals surface area (Å²) < 4.78 is 1.90. The zero-order valence-corrected chi connectivity index (χ0v) is 13.8. The molecule has 0 saturated carbocycles. The molecule has 1 saturated heterocycles. The minimum absolute atomic E-state index is 0.0856. The molecule has 0 bridgehead atoms. The number of carbonyl (C=O) groups excluding carboxylic acids is 1. The number of benzene rings is 1. The van der Waals surface area contributed by atoms with Crippen molar-refractivity contribution in [1.29, 1.82) is 0 Å². The van der Waals surface area contributed by atoms with Gasteiger partial charge in [0.15, 0.2) is 0 Å². The van der Waals surface area contributed by atoms with Gasteiger partial charge in [0.2, 0.25) is 5.91 Å². The Bertz CT molecular complexity index is 686. The van der Waals surface area contributed by atoms with E-state index in [9.17, 15) is 4.79 Å². The van der Waals surface area contributed by atoms with E-state index >= 15 is 0 Å². The molecule has 3 rings (SSSR count). The molecule has 1 aromatic carbocycles.